The molecule has 1 aromatic carbocycles. The van der Waals surface area contributed by atoms with Gasteiger partial charge in [-0.25, -0.2) is 4.98 Å². The van der Waals surface area contributed by atoms with Gasteiger partial charge in [0.15, 0.2) is 6.61 Å². The fourth-order valence-corrected chi connectivity index (χ4v) is 3.11. The van der Waals surface area contributed by atoms with Gasteiger partial charge in [-0.15, -0.1) is 11.3 Å². The van der Waals surface area contributed by atoms with Gasteiger partial charge in [-0.1, -0.05) is 6.07 Å². The van der Waals surface area contributed by atoms with Gasteiger partial charge in [0.2, 0.25) is 0 Å². The molecule has 0 aliphatic carbocycles. The third kappa shape index (κ3) is 5.69. The molecule has 8 nitrogen and oxygen atoms in total. The van der Waals surface area contributed by atoms with Crippen LogP contribution in [0, 0.1) is 0 Å². The molecule has 9 heteroatoms. The van der Waals surface area contributed by atoms with Crippen molar-refractivity contribution in [3.05, 3.63) is 65.3 Å². The zero-order chi connectivity index (χ0) is 20.6. The Labute approximate surface area is 170 Å². The number of imide groups is 1. The molecular weight excluding hydrogens is 394 g/mol. The van der Waals surface area contributed by atoms with Crippen molar-refractivity contribution in [1.29, 1.82) is 0 Å². The summed E-state index contributed by atoms with van der Waals surface area (Å²) in [6, 6.07) is 11.7. The number of esters is 1. The highest BCUT2D eigenvalue weighted by atomic mass is 32.1. The average Bonchev–Trinajstić information content (AvgIpc) is 3.21. The van der Waals surface area contributed by atoms with E-state index in [0.29, 0.717) is 22.1 Å². The lowest BCUT2D eigenvalue weighted by Crippen LogP contribution is -2.34. The molecule has 0 saturated heterocycles. The van der Waals surface area contributed by atoms with E-state index in [4.69, 9.17) is 9.47 Å². The maximum Gasteiger partial charge on any atom is 0.312 e. The highest BCUT2D eigenvalue weighted by molar-refractivity contribution is 7.13. The van der Waals surface area contributed by atoms with Gasteiger partial charge >= 0.3 is 5.97 Å². The molecule has 0 bridgehead atoms. The van der Waals surface area contributed by atoms with Crippen molar-refractivity contribution in [2.75, 3.05) is 13.7 Å². The Morgan fingerprint density at radius 2 is 1.90 bits per heavy atom. The Balaban J connectivity index is 1.46. The van der Waals surface area contributed by atoms with Gasteiger partial charge in [0, 0.05) is 17.1 Å². The topological polar surface area (TPSA) is 107 Å². The predicted molar refractivity (Wildman–Crippen MR) is 105 cm³/mol. The predicted octanol–water partition coefficient (Wildman–Crippen LogP) is 2.26. The maximum atomic E-state index is 12.0. The summed E-state index contributed by atoms with van der Waals surface area (Å²) in [6.07, 6.45) is 1.58. The van der Waals surface area contributed by atoms with E-state index in [0.717, 1.165) is 0 Å². The Morgan fingerprint density at radius 3 is 2.59 bits per heavy atom. The van der Waals surface area contributed by atoms with Crippen LogP contribution < -0.4 is 10.1 Å². The summed E-state index contributed by atoms with van der Waals surface area (Å²) < 4.78 is 9.93. The molecule has 3 aromatic rings. The lowest BCUT2D eigenvalue weighted by molar-refractivity contribution is -0.147. The summed E-state index contributed by atoms with van der Waals surface area (Å²) in [5.74, 6) is -1.33. The zero-order valence-corrected chi connectivity index (χ0v) is 16.3. The molecule has 3 rings (SSSR count). The van der Waals surface area contributed by atoms with E-state index in [2.05, 4.69) is 15.3 Å². The van der Waals surface area contributed by atoms with Gasteiger partial charge in [0.05, 0.1) is 24.9 Å². The Morgan fingerprint density at radius 1 is 1.10 bits per heavy atom. The van der Waals surface area contributed by atoms with Gasteiger partial charge < -0.3 is 9.47 Å². The highest BCUT2D eigenvalue weighted by Crippen LogP contribution is 2.21. The monoisotopic (exact) mass is 411 g/mol. The van der Waals surface area contributed by atoms with Crippen molar-refractivity contribution in [3.63, 3.8) is 0 Å². The Bertz CT molecular complexity index is 1000. The first-order valence-corrected chi connectivity index (χ1v) is 9.43. The number of methoxy groups -OCH3 is 1. The van der Waals surface area contributed by atoms with Crippen LogP contribution in [0.3, 0.4) is 0 Å². The normalized spacial score (nSPS) is 10.2. The molecule has 148 valence electrons. The van der Waals surface area contributed by atoms with Crippen LogP contribution in [0.1, 0.15) is 16.1 Å². The molecule has 0 fully saturated rings. The molecule has 0 unspecified atom stereocenters. The number of carbonyl (C=O) groups excluding carboxylic acids is 3. The quantitative estimate of drug-likeness (QED) is 0.594. The van der Waals surface area contributed by atoms with E-state index in [1.165, 1.54) is 30.6 Å². The number of nitrogens with zero attached hydrogens (tertiary/aromatic N) is 2. The zero-order valence-electron chi connectivity index (χ0n) is 15.5. The Hall–Kier alpha value is -3.59. The van der Waals surface area contributed by atoms with Gasteiger partial charge in [-0.05, 0) is 36.4 Å². The summed E-state index contributed by atoms with van der Waals surface area (Å²) >= 11 is 1.36. The van der Waals surface area contributed by atoms with Gasteiger partial charge in [-0.2, -0.15) is 0 Å². The number of hydrogen-bond donors (Lipinski definition) is 1. The number of nitrogens with one attached hydrogen (secondary N) is 1. The SMILES string of the molecule is COc1ccc(C(=O)NC(=O)COC(=O)Cc2csc(-c3ccccn3)n2)cc1. The Kier molecular flexibility index (Phi) is 6.64. The summed E-state index contributed by atoms with van der Waals surface area (Å²) in [5.41, 5.74) is 1.53. The van der Waals surface area contributed by atoms with Crippen molar-refractivity contribution in [3.8, 4) is 16.5 Å². The van der Waals surface area contributed by atoms with E-state index in [9.17, 15) is 14.4 Å². The van der Waals surface area contributed by atoms with Crippen molar-refractivity contribution in [2.24, 2.45) is 0 Å². The number of amides is 2. The molecule has 1 N–H and O–H groups in total. The lowest BCUT2D eigenvalue weighted by Gasteiger charge is -2.06. The second kappa shape index (κ2) is 9.56. The van der Waals surface area contributed by atoms with Gasteiger partial charge in [0.25, 0.3) is 11.8 Å². The van der Waals surface area contributed by atoms with E-state index in [-0.39, 0.29) is 12.0 Å². The van der Waals surface area contributed by atoms with Gasteiger partial charge in [-0.3, -0.25) is 24.7 Å². The van der Waals surface area contributed by atoms with Crippen LogP contribution in [0.4, 0.5) is 0 Å². The third-order valence-electron chi connectivity index (χ3n) is 3.73. The van der Waals surface area contributed by atoms with E-state index < -0.39 is 24.4 Å². The second-order valence-electron chi connectivity index (χ2n) is 5.80. The molecule has 2 aromatic heterocycles. The number of hydrogen-bond acceptors (Lipinski definition) is 8. The maximum absolute atomic E-state index is 12.0. The minimum Gasteiger partial charge on any atom is -0.497 e. The minimum absolute atomic E-state index is 0.0803. The number of ether oxygens (including phenoxy) is 2. The second-order valence-corrected chi connectivity index (χ2v) is 6.66. The summed E-state index contributed by atoms with van der Waals surface area (Å²) in [4.78, 5) is 44.3. The van der Waals surface area contributed by atoms with Crippen LogP contribution in [0.15, 0.2) is 54.0 Å². The molecular formula is C20H17N3O5S. The van der Waals surface area contributed by atoms with Crippen molar-refractivity contribution >= 4 is 29.1 Å². The number of carbonyl (C=O) groups is 3. The molecule has 0 aliphatic rings. The molecule has 0 radical (unpaired) electrons. The standard InChI is InChI=1S/C20H17N3O5S/c1-27-15-7-5-13(6-8-15)19(26)23-17(24)11-28-18(25)10-14-12-29-20(22-14)16-4-2-3-9-21-16/h2-9,12H,10-11H2,1H3,(H,23,24,26). The van der Waals surface area contributed by atoms with Crippen molar-refractivity contribution in [2.45, 2.75) is 6.42 Å². The molecule has 0 atom stereocenters. The molecule has 0 saturated carbocycles. The van der Waals surface area contributed by atoms with Crippen LogP contribution >= 0.6 is 11.3 Å². The highest BCUT2D eigenvalue weighted by Gasteiger charge is 2.15. The van der Waals surface area contributed by atoms with Gasteiger partial charge in [0.1, 0.15) is 10.8 Å². The summed E-state index contributed by atoms with van der Waals surface area (Å²) in [5, 5.41) is 4.59. The lowest BCUT2D eigenvalue weighted by atomic mass is 10.2. The first-order chi connectivity index (χ1) is 14.0. The molecule has 2 heterocycles. The van der Waals surface area contributed by atoms with Crippen LogP contribution in [0.2, 0.25) is 0 Å². The fraction of sp³-hybridized carbons (Fsp3) is 0.150. The van der Waals surface area contributed by atoms with E-state index >= 15 is 0 Å². The number of pyridine rings is 1. The van der Waals surface area contributed by atoms with Crippen LogP contribution in [-0.2, 0) is 20.7 Å². The molecule has 2 amide bonds. The fourth-order valence-electron chi connectivity index (χ4n) is 2.32. The van der Waals surface area contributed by atoms with Crippen LogP contribution in [0.5, 0.6) is 5.75 Å². The van der Waals surface area contributed by atoms with Crippen molar-refractivity contribution in [1.82, 2.24) is 15.3 Å². The van der Waals surface area contributed by atoms with E-state index in [1.807, 2.05) is 12.1 Å². The average molecular weight is 411 g/mol. The first-order valence-electron chi connectivity index (χ1n) is 8.55. The van der Waals surface area contributed by atoms with E-state index in [1.54, 1.807) is 29.8 Å². The minimum atomic E-state index is -0.716. The molecule has 29 heavy (non-hydrogen) atoms. The number of thiazole rings is 1. The third-order valence-corrected chi connectivity index (χ3v) is 4.64. The van der Waals surface area contributed by atoms with Crippen LogP contribution in [-0.4, -0.2) is 41.5 Å². The number of aromatic nitrogens is 2. The number of rotatable bonds is 7. The van der Waals surface area contributed by atoms with Crippen molar-refractivity contribution < 1.29 is 23.9 Å². The molecule has 0 aliphatic heterocycles. The first kappa shape index (κ1) is 20.2. The molecule has 0 spiro atoms. The van der Waals surface area contributed by atoms with Crippen LogP contribution in [0.25, 0.3) is 10.7 Å². The smallest absolute Gasteiger partial charge is 0.312 e. The largest absolute Gasteiger partial charge is 0.497 e. The summed E-state index contributed by atoms with van der Waals surface area (Å²) in [6.45, 7) is -0.558. The number of benzene rings is 1. The summed E-state index contributed by atoms with van der Waals surface area (Å²) in [7, 11) is 1.51.